The normalized spacial score (nSPS) is 18.7. The molecular formula is C15H31N2. The monoisotopic (exact) mass is 239 g/mol. The zero-order valence-corrected chi connectivity index (χ0v) is 11.8. The molecule has 0 aromatic carbocycles. The molecule has 0 atom stereocenters. The molecule has 0 bridgehead atoms. The van der Waals surface area contributed by atoms with Gasteiger partial charge in [0.15, 0.2) is 0 Å². The van der Waals surface area contributed by atoms with E-state index < -0.39 is 0 Å². The molecule has 2 heteroatoms. The van der Waals surface area contributed by atoms with E-state index in [0.717, 1.165) is 6.42 Å². The van der Waals surface area contributed by atoms with Crippen molar-refractivity contribution in [3.05, 3.63) is 6.92 Å². The van der Waals surface area contributed by atoms with Crippen LogP contribution >= 0.6 is 0 Å². The minimum absolute atomic E-state index is 1.09. The smallest absolute Gasteiger partial charge is 0.0110 e. The average molecular weight is 239 g/mol. The summed E-state index contributed by atoms with van der Waals surface area (Å²) in [6, 6.07) is 0. The molecule has 1 radical (unpaired) electrons. The molecule has 1 saturated heterocycles. The molecule has 0 saturated carbocycles. The highest BCUT2D eigenvalue weighted by Gasteiger charge is 2.15. The van der Waals surface area contributed by atoms with Gasteiger partial charge in [0.05, 0.1) is 0 Å². The van der Waals surface area contributed by atoms with E-state index >= 15 is 0 Å². The Bertz CT molecular complexity index is 162. The first-order valence-corrected chi connectivity index (χ1v) is 7.60. The van der Waals surface area contributed by atoms with Crippen LogP contribution in [-0.4, -0.2) is 49.1 Å². The lowest BCUT2D eigenvalue weighted by molar-refractivity contribution is 0.129. The Kier molecular flexibility index (Phi) is 8.72. The summed E-state index contributed by atoms with van der Waals surface area (Å²) in [7, 11) is 0. The van der Waals surface area contributed by atoms with Crippen molar-refractivity contribution in [2.24, 2.45) is 0 Å². The predicted octanol–water partition coefficient (Wildman–Crippen LogP) is 3.19. The van der Waals surface area contributed by atoms with E-state index in [2.05, 4.69) is 23.6 Å². The lowest BCUT2D eigenvalue weighted by atomic mass is 10.2. The maximum atomic E-state index is 3.90. The van der Waals surface area contributed by atoms with Gasteiger partial charge < -0.3 is 9.80 Å². The van der Waals surface area contributed by atoms with E-state index in [1.807, 2.05) is 0 Å². The second-order valence-corrected chi connectivity index (χ2v) is 5.30. The first kappa shape index (κ1) is 15.0. The van der Waals surface area contributed by atoms with Crippen molar-refractivity contribution in [2.45, 2.75) is 51.9 Å². The Hall–Kier alpha value is -0.0800. The van der Waals surface area contributed by atoms with Gasteiger partial charge >= 0.3 is 0 Å². The van der Waals surface area contributed by atoms with Gasteiger partial charge in [-0.2, -0.15) is 0 Å². The number of piperazine rings is 1. The quantitative estimate of drug-likeness (QED) is 0.570. The summed E-state index contributed by atoms with van der Waals surface area (Å²) in [5.74, 6) is 0. The maximum absolute atomic E-state index is 3.90. The Morgan fingerprint density at radius 3 is 1.76 bits per heavy atom. The summed E-state index contributed by atoms with van der Waals surface area (Å²) < 4.78 is 0. The molecule has 0 aliphatic carbocycles. The van der Waals surface area contributed by atoms with Gasteiger partial charge in [0, 0.05) is 26.2 Å². The van der Waals surface area contributed by atoms with Gasteiger partial charge in [-0.3, -0.25) is 0 Å². The number of nitrogens with zero attached hydrogens (tertiary/aromatic N) is 2. The van der Waals surface area contributed by atoms with Gasteiger partial charge in [0.2, 0.25) is 0 Å². The molecule has 101 valence electrons. The number of hydrogen-bond acceptors (Lipinski definition) is 2. The van der Waals surface area contributed by atoms with Crippen molar-refractivity contribution in [1.82, 2.24) is 9.80 Å². The van der Waals surface area contributed by atoms with E-state index in [4.69, 9.17) is 0 Å². The average Bonchev–Trinajstić information content (AvgIpc) is 2.37. The summed E-state index contributed by atoms with van der Waals surface area (Å²) in [6.07, 6.45) is 9.29. The van der Waals surface area contributed by atoms with E-state index in [1.165, 1.54) is 77.8 Å². The highest BCUT2D eigenvalue weighted by Crippen LogP contribution is 2.07. The van der Waals surface area contributed by atoms with Gasteiger partial charge in [-0.15, -0.1) is 0 Å². The molecule has 1 heterocycles. The predicted molar refractivity (Wildman–Crippen MR) is 76.2 cm³/mol. The summed E-state index contributed by atoms with van der Waals surface area (Å²) in [5, 5.41) is 0. The first-order valence-electron chi connectivity index (χ1n) is 7.60. The van der Waals surface area contributed by atoms with Crippen LogP contribution in [0.3, 0.4) is 0 Å². The largest absolute Gasteiger partial charge is 0.301 e. The fourth-order valence-corrected chi connectivity index (χ4v) is 2.51. The number of unbranched alkanes of at least 4 members (excludes halogenated alkanes) is 5. The van der Waals surface area contributed by atoms with Crippen LogP contribution in [0.25, 0.3) is 0 Å². The van der Waals surface area contributed by atoms with E-state index in [9.17, 15) is 0 Å². The lowest BCUT2D eigenvalue weighted by Crippen LogP contribution is -2.46. The summed E-state index contributed by atoms with van der Waals surface area (Å²) >= 11 is 0. The second kappa shape index (κ2) is 9.90. The molecule has 0 spiro atoms. The molecule has 1 fully saturated rings. The highest BCUT2D eigenvalue weighted by atomic mass is 15.3. The van der Waals surface area contributed by atoms with E-state index in [1.54, 1.807) is 0 Å². The zero-order valence-electron chi connectivity index (χ0n) is 11.8. The third-order valence-corrected chi connectivity index (χ3v) is 3.77. The molecule has 0 N–H and O–H groups in total. The molecule has 0 unspecified atom stereocenters. The summed E-state index contributed by atoms with van der Waals surface area (Å²) in [6.45, 7) is 13.9. The van der Waals surface area contributed by atoms with Crippen LogP contribution in [-0.2, 0) is 0 Å². The van der Waals surface area contributed by atoms with Crippen LogP contribution in [0.15, 0.2) is 0 Å². The molecule has 1 rings (SSSR count). The van der Waals surface area contributed by atoms with Crippen LogP contribution in [0.5, 0.6) is 0 Å². The van der Waals surface area contributed by atoms with Crippen molar-refractivity contribution >= 4 is 0 Å². The van der Waals surface area contributed by atoms with Gasteiger partial charge in [-0.05, 0) is 25.9 Å². The van der Waals surface area contributed by atoms with Crippen molar-refractivity contribution < 1.29 is 0 Å². The first-order chi connectivity index (χ1) is 8.36. The molecule has 0 aromatic heterocycles. The fourth-order valence-electron chi connectivity index (χ4n) is 2.51. The van der Waals surface area contributed by atoms with Gasteiger partial charge in [-0.25, -0.2) is 0 Å². The van der Waals surface area contributed by atoms with Gasteiger partial charge in [0.1, 0.15) is 0 Å². The van der Waals surface area contributed by atoms with E-state index in [-0.39, 0.29) is 0 Å². The maximum Gasteiger partial charge on any atom is 0.0110 e. The van der Waals surface area contributed by atoms with Crippen LogP contribution in [0.1, 0.15) is 51.9 Å². The van der Waals surface area contributed by atoms with Crippen LogP contribution in [0.4, 0.5) is 0 Å². The molecule has 17 heavy (non-hydrogen) atoms. The fraction of sp³-hybridized carbons (Fsp3) is 0.933. The minimum Gasteiger partial charge on any atom is -0.301 e. The van der Waals surface area contributed by atoms with Crippen molar-refractivity contribution in [3.8, 4) is 0 Å². The van der Waals surface area contributed by atoms with Crippen molar-refractivity contribution in [1.29, 1.82) is 0 Å². The molecule has 1 aliphatic heterocycles. The molecule has 0 aromatic rings. The third kappa shape index (κ3) is 7.05. The Morgan fingerprint density at radius 1 is 0.765 bits per heavy atom. The molecule has 2 nitrogen and oxygen atoms in total. The number of rotatable bonds is 9. The van der Waals surface area contributed by atoms with Gasteiger partial charge in [-0.1, -0.05) is 46.0 Å². The van der Waals surface area contributed by atoms with Crippen LogP contribution in [0.2, 0.25) is 0 Å². The molecule has 1 aliphatic rings. The molecule has 0 amide bonds. The topological polar surface area (TPSA) is 6.48 Å². The van der Waals surface area contributed by atoms with Crippen molar-refractivity contribution in [3.63, 3.8) is 0 Å². The van der Waals surface area contributed by atoms with Gasteiger partial charge in [0.25, 0.3) is 0 Å². The Labute approximate surface area is 108 Å². The lowest BCUT2D eigenvalue weighted by Gasteiger charge is -2.34. The third-order valence-electron chi connectivity index (χ3n) is 3.77. The molecular weight excluding hydrogens is 208 g/mol. The highest BCUT2D eigenvalue weighted by molar-refractivity contribution is 4.71. The zero-order chi connectivity index (χ0) is 12.3. The van der Waals surface area contributed by atoms with Crippen LogP contribution < -0.4 is 0 Å². The van der Waals surface area contributed by atoms with E-state index in [0.29, 0.717) is 0 Å². The van der Waals surface area contributed by atoms with Crippen molar-refractivity contribution in [2.75, 3.05) is 39.3 Å². The standard InChI is InChI=1S/C15H31N2/c1-3-5-7-9-11-17-14-12-16(13-15-17)10-8-6-4-2/h2-15H2,1H3. The number of hydrogen-bond donors (Lipinski definition) is 0. The Balaban J connectivity index is 1.97. The van der Waals surface area contributed by atoms with Crippen LogP contribution in [0, 0.1) is 6.92 Å². The summed E-state index contributed by atoms with van der Waals surface area (Å²) in [4.78, 5) is 5.27. The Morgan fingerprint density at radius 2 is 1.29 bits per heavy atom. The second-order valence-electron chi connectivity index (χ2n) is 5.30. The summed E-state index contributed by atoms with van der Waals surface area (Å²) in [5.41, 5.74) is 0. The minimum atomic E-state index is 1.09. The SMILES string of the molecule is [CH2]CCCCN1CCN(CCCCCC)CC1.